The molecular formula is C24H17FN6OS. The summed E-state index contributed by atoms with van der Waals surface area (Å²) in [4.78, 5) is 14.0. The summed E-state index contributed by atoms with van der Waals surface area (Å²) in [5.74, 6) is 0.633. The van der Waals surface area contributed by atoms with Crippen LogP contribution in [0.25, 0.3) is 42.8 Å². The van der Waals surface area contributed by atoms with E-state index in [9.17, 15) is 4.39 Å². The van der Waals surface area contributed by atoms with Gasteiger partial charge < -0.3 is 14.8 Å². The number of halogens is 1. The Morgan fingerprint density at radius 2 is 2.00 bits per heavy atom. The van der Waals surface area contributed by atoms with Crippen molar-refractivity contribution in [1.82, 2.24) is 24.7 Å². The van der Waals surface area contributed by atoms with Gasteiger partial charge in [0.15, 0.2) is 5.76 Å². The number of pyridine rings is 1. The maximum atomic E-state index is 14.2. The van der Waals surface area contributed by atoms with Crippen molar-refractivity contribution in [3.05, 3.63) is 79.0 Å². The Morgan fingerprint density at radius 3 is 2.85 bits per heavy atom. The van der Waals surface area contributed by atoms with Gasteiger partial charge in [-0.1, -0.05) is 17.3 Å². The minimum absolute atomic E-state index is 0.264. The van der Waals surface area contributed by atoms with E-state index in [0.29, 0.717) is 28.5 Å². The fraction of sp³-hybridized carbons (Fsp3) is 0.0833. The zero-order valence-electron chi connectivity index (χ0n) is 17.4. The molecule has 0 saturated heterocycles. The van der Waals surface area contributed by atoms with E-state index in [-0.39, 0.29) is 11.9 Å². The molecule has 0 aliphatic rings. The Kier molecular flexibility index (Phi) is 4.44. The number of thiophene rings is 1. The van der Waals surface area contributed by atoms with Crippen molar-refractivity contribution in [2.24, 2.45) is 0 Å². The fourth-order valence-electron chi connectivity index (χ4n) is 4.03. The van der Waals surface area contributed by atoms with Gasteiger partial charge in [0.25, 0.3) is 0 Å². The third kappa shape index (κ3) is 3.16. The topological polar surface area (TPSA) is 95.7 Å². The third-order valence-corrected chi connectivity index (χ3v) is 6.88. The van der Waals surface area contributed by atoms with E-state index >= 15 is 0 Å². The van der Waals surface area contributed by atoms with Crippen LogP contribution in [0.5, 0.6) is 0 Å². The van der Waals surface area contributed by atoms with Crippen LogP contribution in [0.15, 0.2) is 71.9 Å². The van der Waals surface area contributed by atoms with Crippen LogP contribution >= 0.6 is 11.3 Å². The zero-order valence-corrected chi connectivity index (χ0v) is 18.3. The molecule has 5 heterocycles. The Labute approximate surface area is 191 Å². The van der Waals surface area contributed by atoms with Gasteiger partial charge in [-0.15, -0.1) is 11.3 Å². The molecule has 1 unspecified atom stereocenters. The van der Waals surface area contributed by atoms with Crippen molar-refractivity contribution in [1.29, 1.82) is 0 Å². The first-order valence-corrected chi connectivity index (χ1v) is 11.1. The molecule has 0 aliphatic carbocycles. The first-order chi connectivity index (χ1) is 16.1. The molecule has 0 saturated carbocycles. The van der Waals surface area contributed by atoms with Crippen LogP contribution in [0, 0.1) is 5.82 Å². The molecule has 7 nitrogen and oxygen atoms in total. The molecule has 6 aromatic rings. The van der Waals surface area contributed by atoms with Gasteiger partial charge in [-0.2, -0.15) is 0 Å². The second-order valence-corrected chi connectivity index (χ2v) is 8.79. The number of fused-ring (bicyclic) bond motifs is 2. The van der Waals surface area contributed by atoms with Gasteiger partial charge in [-0.05, 0) is 31.2 Å². The molecule has 1 aromatic carbocycles. The lowest BCUT2D eigenvalue weighted by Gasteiger charge is -2.10. The van der Waals surface area contributed by atoms with Gasteiger partial charge in [0.05, 0.1) is 11.4 Å². The number of nitrogens with zero attached hydrogens (tertiary/aromatic N) is 5. The predicted molar refractivity (Wildman–Crippen MR) is 126 cm³/mol. The van der Waals surface area contributed by atoms with Crippen LogP contribution in [-0.4, -0.2) is 24.7 Å². The number of anilines is 1. The summed E-state index contributed by atoms with van der Waals surface area (Å²) in [5, 5.41) is 5.93. The molecule has 33 heavy (non-hydrogen) atoms. The third-order valence-electron chi connectivity index (χ3n) is 5.73. The van der Waals surface area contributed by atoms with Gasteiger partial charge in [0, 0.05) is 50.7 Å². The molecule has 0 aliphatic heterocycles. The van der Waals surface area contributed by atoms with E-state index in [1.807, 2.05) is 30.0 Å². The monoisotopic (exact) mass is 456 g/mol. The smallest absolute Gasteiger partial charge is 0.159 e. The number of nitrogen functional groups attached to an aromatic ring is 1. The molecule has 0 amide bonds. The van der Waals surface area contributed by atoms with Crippen LogP contribution in [0.2, 0.25) is 0 Å². The average Bonchev–Trinajstić information content (AvgIpc) is 3.56. The summed E-state index contributed by atoms with van der Waals surface area (Å²) in [7, 11) is 0. The Hall–Kier alpha value is -4.11. The summed E-state index contributed by atoms with van der Waals surface area (Å²) in [5.41, 5.74) is 8.74. The van der Waals surface area contributed by atoms with E-state index in [4.69, 9.17) is 10.3 Å². The van der Waals surface area contributed by atoms with Crippen molar-refractivity contribution >= 4 is 38.3 Å². The summed E-state index contributed by atoms with van der Waals surface area (Å²) in [6, 6.07) is 12.1. The van der Waals surface area contributed by atoms with Crippen molar-refractivity contribution in [2.75, 3.05) is 5.73 Å². The molecule has 9 heteroatoms. The molecule has 0 fully saturated rings. The van der Waals surface area contributed by atoms with Crippen LogP contribution in [0.3, 0.4) is 0 Å². The SMILES string of the molecule is CC(c1cc(-c2ccccc2F)no1)n1cc(-c2cc3cnccc3s2)c2c(N)ncnc21. The van der Waals surface area contributed by atoms with Crippen LogP contribution in [0.1, 0.15) is 18.7 Å². The lowest BCUT2D eigenvalue weighted by atomic mass is 10.1. The maximum Gasteiger partial charge on any atom is 0.159 e. The largest absolute Gasteiger partial charge is 0.383 e. The molecule has 5 aromatic heterocycles. The van der Waals surface area contributed by atoms with Gasteiger partial charge in [0.2, 0.25) is 0 Å². The van der Waals surface area contributed by atoms with Crippen molar-refractivity contribution in [3.8, 4) is 21.7 Å². The lowest BCUT2D eigenvalue weighted by molar-refractivity contribution is 0.356. The minimum Gasteiger partial charge on any atom is -0.383 e. The van der Waals surface area contributed by atoms with E-state index in [1.165, 1.54) is 12.4 Å². The molecule has 0 bridgehead atoms. The van der Waals surface area contributed by atoms with E-state index < -0.39 is 0 Å². The number of aromatic nitrogens is 5. The Bertz CT molecular complexity index is 1600. The van der Waals surface area contributed by atoms with Crippen LogP contribution in [0.4, 0.5) is 10.2 Å². The minimum atomic E-state index is -0.349. The highest BCUT2D eigenvalue weighted by molar-refractivity contribution is 7.22. The Balaban J connectivity index is 1.48. The van der Waals surface area contributed by atoms with Gasteiger partial charge >= 0.3 is 0 Å². The number of hydrogen-bond donors (Lipinski definition) is 1. The normalized spacial score (nSPS) is 12.5. The molecule has 6 rings (SSSR count). The van der Waals surface area contributed by atoms with Gasteiger partial charge in [-0.25, -0.2) is 14.4 Å². The van der Waals surface area contributed by atoms with Crippen molar-refractivity contribution in [2.45, 2.75) is 13.0 Å². The molecule has 1 atom stereocenters. The van der Waals surface area contributed by atoms with Gasteiger partial charge in [0.1, 0.15) is 29.3 Å². The second-order valence-electron chi connectivity index (χ2n) is 7.70. The van der Waals surface area contributed by atoms with Crippen molar-refractivity contribution < 1.29 is 8.91 Å². The predicted octanol–water partition coefficient (Wildman–Crippen LogP) is 5.69. The molecule has 162 valence electrons. The number of rotatable bonds is 4. The first kappa shape index (κ1) is 19.6. The zero-order chi connectivity index (χ0) is 22.5. The highest BCUT2D eigenvalue weighted by Gasteiger charge is 2.23. The summed E-state index contributed by atoms with van der Waals surface area (Å²) in [6.07, 6.45) is 7.08. The lowest BCUT2D eigenvalue weighted by Crippen LogP contribution is -2.05. The van der Waals surface area contributed by atoms with Gasteiger partial charge in [-0.3, -0.25) is 4.98 Å². The van der Waals surface area contributed by atoms with E-state index in [2.05, 4.69) is 26.2 Å². The van der Waals surface area contributed by atoms with Crippen LogP contribution in [-0.2, 0) is 0 Å². The Morgan fingerprint density at radius 1 is 1.12 bits per heavy atom. The second kappa shape index (κ2) is 7.49. The molecule has 0 radical (unpaired) electrons. The molecule has 0 spiro atoms. The number of hydrogen-bond acceptors (Lipinski definition) is 7. The van der Waals surface area contributed by atoms with Crippen molar-refractivity contribution in [3.63, 3.8) is 0 Å². The quantitative estimate of drug-likeness (QED) is 0.366. The standard InChI is InChI=1S/C24H17FN6OS/c1-13(19-9-18(30-32-19)15-4-2-3-5-17(15)25)31-11-16(22-23(26)28-12-29-24(22)31)21-8-14-10-27-7-6-20(14)33-21/h2-13H,1H3,(H2,26,28,29). The summed E-state index contributed by atoms with van der Waals surface area (Å²) in [6.45, 7) is 1.97. The van der Waals surface area contributed by atoms with Crippen LogP contribution < -0.4 is 5.73 Å². The molecular weight excluding hydrogens is 439 g/mol. The van der Waals surface area contributed by atoms with E-state index in [1.54, 1.807) is 41.8 Å². The highest BCUT2D eigenvalue weighted by atomic mass is 32.1. The maximum absolute atomic E-state index is 14.2. The molecule has 2 N–H and O–H groups in total. The highest BCUT2D eigenvalue weighted by Crippen LogP contribution is 2.40. The summed E-state index contributed by atoms with van der Waals surface area (Å²) < 4.78 is 23.0. The number of benzene rings is 1. The first-order valence-electron chi connectivity index (χ1n) is 10.3. The van der Waals surface area contributed by atoms with E-state index in [0.717, 1.165) is 25.9 Å². The number of nitrogens with two attached hydrogens (primary N) is 1. The fourth-order valence-corrected chi connectivity index (χ4v) is 5.07. The average molecular weight is 457 g/mol. The summed E-state index contributed by atoms with van der Waals surface area (Å²) >= 11 is 1.66.